The lowest BCUT2D eigenvalue weighted by Crippen LogP contribution is -2.44. The molecule has 1 aliphatic heterocycles. The summed E-state index contributed by atoms with van der Waals surface area (Å²) in [5, 5.41) is 0. The lowest BCUT2D eigenvalue weighted by Gasteiger charge is -2.43. The van der Waals surface area contributed by atoms with Crippen molar-refractivity contribution < 1.29 is 0 Å². The van der Waals surface area contributed by atoms with Crippen LogP contribution < -0.4 is 0 Å². The maximum Gasteiger partial charge on any atom is 0.0649 e. The zero-order valence-corrected chi connectivity index (χ0v) is 11.3. The summed E-state index contributed by atoms with van der Waals surface area (Å²) >= 11 is 0. The summed E-state index contributed by atoms with van der Waals surface area (Å²) in [5.41, 5.74) is 2.50. The van der Waals surface area contributed by atoms with Gasteiger partial charge in [-0.3, -0.25) is 0 Å². The predicted octanol–water partition coefficient (Wildman–Crippen LogP) is 4.92. The van der Waals surface area contributed by atoms with E-state index < -0.39 is 8.07 Å². The average Bonchev–Trinajstić information content (AvgIpc) is 2.65. The maximum absolute atomic E-state index is 2.60. The van der Waals surface area contributed by atoms with E-state index in [1.807, 2.05) is 0 Å². The maximum atomic E-state index is 2.60. The van der Waals surface area contributed by atoms with Crippen molar-refractivity contribution in [3.8, 4) is 0 Å². The average molecular weight is 220 g/mol. The molecule has 0 amide bonds. The Kier molecular flexibility index (Phi) is 3.50. The minimum absolute atomic E-state index is 0.852. The molecule has 0 radical (unpaired) electrons. The van der Waals surface area contributed by atoms with Crippen LogP contribution in [0.3, 0.4) is 0 Å². The van der Waals surface area contributed by atoms with Gasteiger partial charge in [-0.15, -0.1) is 0 Å². The summed E-state index contributed by atoms with van der Waals surface area (Å²) in [7, 11) is -0.852. The molecule has 0 bridgehead atoms. The number of unbranched alkanes of at least 4 members (excludes halogenated alkanes) is 1. The fourth-order valence-electron chi connectivity index (χ4n) is 3.10. The second-order valence-corrected chi connectivity index (χ2v) is 10.2. The van der Waals surface area contributed by atoms with Crippen LogP contribution in [0, 0.1) is 0 Å². The van der Waals surface area contributed by atoms with E-state index in [9.17, 15) is 0 Å². The molecule has 1 heterocycles. The fraction of sp³-hybridized carbons (Fsp3) is 0.714. The molecule has 0 aromatic rings. The number of allylic oxidation sites excluding steroid dienone is 4. The van der Waals surface area contributed by atoms with Crippen molar-refractivity contribution in [3.05, 3.63) is 23.8 Å². The highest BCUT2D eigenvalue weighted by Gasteiger charge is 2.44. The second kappa shape index (κ2) is 4.69. The van der Waals surface area contributed by atoms with Crippen molar-refractivity contribution in [3.63, 3.8) is 0 Å². The van der Waals surface area contributed by atoms with Crippen LogP contribution in [0.15, 0.2) is 23.8 Å². The standard InChI is InChI=1S/C14H24Si/c1-3-5-9-15(10-6-11-15)14-8-7-13(4-2)12-14/h7-8,12,14H,3-6,9-11H2,1-2H3. The van der Waals surface area contributed by atoms with Gasteiger partial charge in [0.15, 0.2) is 0 Å². The Morgan fingerprint density at radius 2 is 2.13 bits per heavy atom. The van der Waals surface area contributed by atoms with Gasteiger partial charge in [-0.05, 0) is 12.0 Å². The normalized spacial score (nSPS) is 27.6. The van der Waals surface area contributed by atoms with Gasteiger partial charge < -0.3 is 0 Å². The summed E-state index contributed by atoms with van der Waals surface area (Å²) in [5.74, 6) is 0. The summed E-state index contributed by atoms with van der Waals surface area (Å²) in [6.45, 7) is 4.61. The number of rotatable bonds is 5. The molecule has 2 aliphatic rings. The molecule has 1 saturated heterocycles. The Labute approximate surface area is 95.5 Å². The van der Waals surface area contributed by atoms with Gasteiger partial charge >= 0.3 is 0 Å². The van der Waals surface area contributed by atoms with E-state index in [4.69, 9.17) is 0 Å². The molecule has 0 nitrogen and oxygen atoms in total. The van der Waals surface area contributed by atoms with Crippen LogP contribution >= 0.6 is 0 Å². The highest BCUT2D eigenvalue weighted by Crippen LogP contribution is 2.49. The molecular weight excluding hydrogens is 196 g/mol. The van der Waals surface area contributed by atoms with E-state index >= 15 is 0 Å². The van der Waals surface area contributed by atoms with Gasteiger partial charge in [0.25, 0.3) is 0 Å². The molecule has 0 aromatic heterocycles. The first kappa shape index (κ1) is 11.2. The summed E-state index contributed by atoms with van der Waals surface area (Å²) < 4.78 is 0. The Morgan fingerprint density at radius 3 is 2.60 bits per heavy atom. The van der Waals surface area contributed by atoms with Crippen LogP contribution in [0.25, 0.3) is 0 Å². The Balaban J connectivity index is 2.01. The summed E-state index contributed by atoms with van der Waals surface area (Å²) in [6, 6.07) is 4.80. The molecule has 15 heavy (non-hydrogen) atoms. The first-order valence-electron chi connectivity index (χ1n) is 6.69. The number of hydrogen-bond acceptors (Lipinski definition) is 0. The van der Waals surface area contributed by atoms with E-state index in [0.717, 1.165) is 5.54 Å². The zero-order chi connectivity index (χ0) is 10.7. The van der Waals surface area contributed by atoms with Gasteiger partial charge in [-0.1, -0.05) is 75.0 Å². The predicted molar refractivity (Wildman–Crippen MR) is 71.0 cm³/mol. The summed E-state index contributed by atoms with van der Waals surface area (Å²) in [4.78, 5) is 0. The van der Waals surface area contributed by atoms with Gasteiger partial charge in [-0.2, -0.15) is 0 Å². The second-order valence-electron chi connectivity index (χ2n) is 5.30. The molecule has 0 N–H and O–H groups in total. The Morgan fingerprint density at radius 1 is 1.33 bits per heavy atom. The molecule has 1 atom stereocenters. The van der Waals surface area contributed by atoms with Crippen molar-refractivity contribution >= 4 is 8.07 Å². The quantitative estimate of drug-likeness (QED) is 0.577. The first-order valence-corrected chi connectivity index (χ1v) is 9.39. The monoisotopic (exact) mass is 220 g/mol. The van der Waals surface area contributed by atoms with Gasteiger partial charge in [-0.25, -0.2) is 0 Å². The van der Waals surface area contributed by atoms with Crippen molar-refractivity contribution in [1.29, 1.82) is 0 Å². The lowest BCUT2D eigenvalue weighted by atomic mass is 10.2. The van der Waals surface area contributed by atoms with Gasteiger partial charge in [0, 0.05) is 0 Å². The van der Waals surface area contributed by atoms with Crippen LogP contribution in [0.2, 0.25) is 23.7 Å². The highest BCUT2D eigenvalue weighted by molar-refractivity contribution is 6.84. The third kappa shape index (κ3) is 2.12. The third-order valence-electron chi connectivity index (χ3n) is 4.40. The van der Waals surface area contributed by atoms with E-state index in [1.165, 1.54) is 25.7 Å². The van der Waals surface area contributed by atoms with Crippen LogP contribution in [-0.4, -0.2) is 8.07 Å². The summed E-state index contributed by atoms with van der Waals surface area (Å²) in [6.07, 6.45) is 13.1. The minimum Gasteiger partial charge on any atom is -0.0800 e. The van der Waals surface area contributed by atoms with Crippen molar-refractivity contribution in [2.75, 3.05) is 0 Å². The molecule has 0 saturated carbocycles. The molecule has 0 spiro atoms. The first-order chi connectivity index (χ1) is 7.30. The highest BCUT2D eigenvalue weighted by atomic mass is 28.3. The molecular formula is C14H24Si. The van der Waals surface area contributed by atoms with Gasteiger partial charge in [0.1, 0.15) is 0 Å². The SMILES string of the molecule is CCCC[Si]1(C2C=CC(CC)=C2)CCC1. The van der Waals surface area contributed by atoms with Crippen LogP contribution in [0.4, 0.5) is 0 Å². The molecule has 0 aromatic carbocycles. The molecule has 84 valence electrons. The van der Waals surface area contributed by atoms with E-state index in [-0.39, 0.29) is 0 Å². The smallest absolute Gasteiger partial charge is 0.0649 e. The van der Waals surface area contributed by atoms with Crippen molar-refractivity contribution in [1.82, 2.24) is 0 Å². The molecule has 1 heteroatoms. The van der Waals surface area contributed by atoms with Crippen molar-refractivity contribution in [2.24, 2.45) is 0 Å². The largest absolute Gasteiger partial charge is 0.0800 e. The molecule has 1 aliphatic carbocycles. The van der Waals surface area contributed by atoms with Gasteiger partial charge in [0.05, 0.1) is 8.07 Å². The fourth-order valence-corrected chi connectivity index (χ4v) is 7.99. The topological polar surface area (TPSA) is 0 Å². The van der Waals surface area contributed by atoms with E-state index in [1.54, 1.807) is 23.7 Å². The zero-order valence-electron chi connectivity index (χ0n) is 10.3. The van der Waals surface area contributed by atoms with Crippen LogP contribution in [0.1, 0.15) is 39.5 Å². The molecule has 1 unspecified atom stereocenters. The lowest BCUT2D eigenvalue weighted by molar-refractivity contribution is 0.786. The molecule has 1 fully saturated rings. The number of hydrogen-bond donors (Lipinski definition) is 0. The Bertz CT molecular complexity index is 271. The van der Waals surface area contributed by atoms with Crippen LogP contribution in [-0.2, 0) is 0 Å². The Hall–Kier alpha value is -0.303. The third-order valence-corrected chi connectivity index (χ3v) is 10.2. The van der Waals surface area contributed by atoms with E-state index in [0.29, 0.717) is 0 Å². The van der Waals surface area contributed by atoms with Crippen molar-refractivity contribution in [2.45, 2.75) is 63.2 Å². The molecule has 2 rings (SSSR count). The van der Waals surface area contributed by atoms with Gasteiger partial charge in [0.2, 0.25) is 0 Å². The van der Waals surface area contributed by atoms with E-state index in [2.05, 4.69) is 32.1 Å². The minimum atomic E-state index is -0.852. The van der Waals surface area contributed by atoms with Crippen LogP contribution in [0.5, 0.6) is 0 Å².